The summed E-state index contributed by atoms with van der Waals surface area (Å²) in [5.74, 6) is -0.298. The molecule has 16 heavy (non-hydrogen) atoms. The summed E-state index contributed by atoms with van der Waals surface area (Å²) in [7, 11) is 0. The van der Waals surface area contributed by atoms with E-state index >= 15 is 0 Å². The summed E-state index contributed by atoms with van der Waals surface area (Å²) in [4.78, 5) is 13.6. The SMILES string of the molecule is NC(=O)C(c1ccccc1)N1CCOCC1. The van der Waals surface area contributed by atoms with E-state index in [9.17, 15) is 4.79 Å². The molecule has 0 aliphatic carbocycles. The van der Waals surface area contributed by atoms with Gasteiger partial charge in [-0.3, -0.25) is 9.69 Å². The van der Waals surface area contributed by atoms with Crippen molar-refractivity contribution < 1.29 is 9.53 Å². The lowest BCUT2D eigenvalue weighted by Gasteiger charge is -2.32. The van der Waals surface area contributed by atoms with Gasteiger partial charge in [-0.1, -0.05) is 30.3 Å². The Hall–Kier alpha value is -1.39. The molecule has 2 N–H and O–H groups in total. The van der Waals surface area contributed by atoms with Crippen molar-refractivity contribution in [1.29, 1.82) is 0 Å². The van der Waals surface area contributed by atoms with Gasteiger partial charge in [0.25, 0.3) is 0 Å². The number of carbonyl (C=O) groups is 1. The Morgan fingerprint density at radius 3 is 2.44 bits per heavy atom. The van der Waals surface area contributed by atoms with Crippen LogP contribution in [0, 0.1) is 0 Å². The van der Waals surface area contributed by atoms with Crippen molar-refractivity contribution in [3.63, 3.8) is 0 Å². The first kappa shape index (κ1) is 11.1. The van der Waals surface area contributed by atoms with Gasteiger partial charge in [-0.2, -0.15) is 0 Å². The number of nitrogens with two attached hydrogens (primary N) is 1. The molecule has 1 saturated heterocycles. The third kappa shape index (κ3) is 2.40. The average molecular weight is 220 g/mol. The molecule has 1 aromatic rings. The molecule has 0 aromatic heterocycles. The Morgan fingerprint density at radius 2 is 1.88 bits per heavy atom. The Kier molecular flexibility index (Phi) is 3.54. The molecule has 1 atom stereocenters. The summed E-state index contributed by atoms with van der Waals surface area (Å²) in [6.45, 7) is 2.83. The van der Waals surface area contributed by atoms with Crippen LogP contribution in [-0.4, -0.2) is 37.1 Å². The summed E-state index contributed by atoms with van der Waals surface area (Å²) in [5.41, 5.74) is 6.43. The number of nitrogens with zero attached hydrogens (tertiary/aromatic N) is 1. The lowest BCUT2D eigenvalue weighted by atomic mass is 10.0. The normalized spacial score (nSPS) is 19.2. The minimum atomic E-state index is -0.329. The fourth-order valence-corrected chi connectivity index (χ4v) is 2.03. The molecule has 1 fully saturated rings. The van der Waals surface area contributed by atoms with Crippen LogP contribution in [0.25, 0.3) is 0 Å². The topological polar surface area (TPSA) is 55.6 Å². The maximum absolute atomic E-state index is 11.5. The van der Waals surface area contributed by atoms with E-state index in [1.54, 1.807) is 0 Å². The highest BCUT2D eigenvalue weighted by Gasteiger charge is 2.26. The highest BCUT2D eigenvalue weighted by molar-refractivity contribution is 5.81. The van der Waals surface area contributed by atoms with Gasteiger partial charge < -0.3 is 10.5 Å². The van der Waals surface area contributed by atoms with E-state index in [1.807, 2.05) is 30.3 Å². The van der Waals surface area contributed by atoms with Gasteiger partial charge in [-0.15, -0.1) is 0 Å². The van der Waals surface area contributed by atoms with Gasteiger partial charge in [0.1, 0.15) is 6.04 Å². The molecule has 1 unspecified atom stereocenters. The van der Waals surface area contributed by atoms with Gasteiger partial charge in [0.05, 0.1) is 13.2 Å². The molecule has 0 bridgehead atoms. The largest absolute Gasteiger partial charge is 0.379 e. The second-order valence-electron chi connectivity index (χ2n) is 3.86. The molecule has 1 amide bonds. The van der Waals surface area contributed by atoms with Crippen LogP contribution >= 0.6 is 0 Å². The molecule has 1 aliphatic heterocycles. The first-order chi connectivity index (χ1) is 7.79. The zero-order chi connectivity index (χ0) is 11.4. The van der Waals surface area contributed by atoms with E-state index in [2.05, 4.69) is 4.90 Å². The van der Waals surface area contributed by atoms with Crippen LogP contribution < -0.4 is 5.73 Å². The number of morpholine rings is 1. The second kappa shape index (κ2) is 5.09. The Bertz CT molecular complexity index is 347. The number of rotatable bonds is 3. The average Bonchev–Trinajstić information content (AvgIpc) is 2.31. The maximum Gasteiger partial charge on any atom is 0.239 e. The van der Waals surface area contributed by atoms with Crippen LogP contribution in [0.15, 0.2) is 30.3 Å². The van der Waals surface area contributed by atoms with Gasteiger partial charge in [-0.05, 0) is 5.56 Å². The molecule has 0 radical (unpaired) electrons. The van der Waals surface area contributed by atoms with Gasteiger partial charge in [0.2, 0.25) is 5.91 Å². The van der Waals surface area contributed by atoms with Crippen molar-refractivity contribution in [2.45, 2.75) is 6.04 Å². The zero-order valence-corrected chi connectivity index (χ0v) is 9.13. The highest BCUT2D eigenvalue weighted by atomic mass is 16.5. The van der Waals surface area contributed by atoms with Gasteiger partial charge >= 0.3 is 0 Å². The number of hydrogen-bond donors (Lipinski definition) is 1. The van der Waals surface area contributed by atoms with Crippen LogP contribution in [0.5, 0.6) is 0 Å². The standard InChI is InChI=1S/C12H16N2O2/c13-12(15)11(10-4-2-1-3-5-10)14-6-8-16-9-7-14/h1-5,11H,6-9H2,(H2,13,15). The predicted molar refractivity (Wildman–Crippen MR) is 60.8 cm³/mol. The molecule has 2 rings (SSSR count). The minimum Gasteiger partial charge on any atom is -0.379 e. The van der Waals surface area contributed by atoms with Crippen molar-refractivity contribution in [2.24, 2.45) is 5.73 Å². The zero-order valence-electron chi connectivity index (χ0n) is 9.13. The molecule has 86 valence electrons. The van der Waals surface area contributed by atoms with E-state index in [-0.39, 0.29) is 11.9 Å². The van der Waals surface area contributed by atoms with Crippen molar-refractivity contribution in [1.82, 2.24) is 4.90 Å². The molecule has 1 aliphatic rings. The molecule has 4 heteroatoms. The van der Waals surface area contributed by atoms with Crippen molar-refractivity contribution >= 4 is 5.91 Å². The molecule has 1 heterocycles. The van der Waals surface area contributed by atoms with Gasteiger partial charge in [-0.25, -0.2) is 0 Å². The quantitative estimate of drug-likeness (QED) is 0.809. The van der Waals surface area contributed by atoms with Crippen LogP contribution in [0.1, 0.15) is 11.6 Å². The number of hydrogen-bond acceptors (Lipinski definition) is 3. The third-order valence-electron chi connectivity index (χ3n) is 2.80. The van der Waals surface area contributed by atoms with E-state index in [0.717, 1.165) is 18.7 Å². The molecular weight excluding hydrogens is 204 g/mol. The summed E-state index contributed by atoms with van der Waals surface area (Å²) >= 11 is 0. The number of primary amides is 1. The molecule has 1 aromatic carbocycles. The molecule has 0 saturated carbocycles. The number of carbonyl (C=O) groups excluding carboxylic acids is 1. The highest BCUT2D eigenvalue weighted by Crippen LogP contribution is 2.20. The Balaban J connectivity index is 2.20. The lowest BCUT2D eigenvalue weighted by Crippen LogP contribution is -2.44. The molecule has 4 nitrogen and oxygen atoms in total. The number of amides is 1. The number of benzene rings is 1. The van der Waals surface area contributed by atoms with E-state index in [1.165, 1.54) is 0 Å². The van der Waals surface area contributed by atoms with Crippen LogP contribution in [0.3, 0.4) is 0 Å². The monoisotopic (exact) mass is 220 g/mol. The maximum atomic E-state index is 11.5. The fraction of sp³-hybridized carbons (Fsp3) is 0.417. The van der Waals surface area contributed by atoms with Gasteiger partial charge in [0, 0.05) is 13.1 Å². The first-order valence-corrected chi connectivity index (χ1v) is 5.45. The smallest absolute Gasteiger partial charge is 0.239 e. The Morgan fingerprint density at radius 1 is 1.25 bits per heavy atom. The summed E-state index contributed by atoms with van der Waals surface area (Å²) in [6, 6.07) is 9.32. The van der Waals surface area contributed by atoms with Crippen molar-refractivity contribution in [3.05, 3.63) is 35.9 Å². The van der Waals surface area contributed by atoms with E-state index in [0.29, 0.717) is 13.2 Å². The van der Waals surface area contributed by atoms with Crippen molar-refractivity contribution in [2.75, 3.05) is 26.3 Å². The number of ether oxygens (including phenoxy) is 1. The van der Waals surface area contributed by atoms with Crippen LogP contribution in [0.2, 0.25) is 0 Å². The lowest BCUT2D eigenvalue weighted by molar-refractivity contribution is -0.125. The fourth-order valence-electron chi connectivity index (χ4n) is 2.03. The summed E-state index contributed by atoms with van der Waals surface area (Å²) < 4.78 is 5.27. The van der Waals surface area contributed by atoms with E-state index < -0.39 is 0 Å². The summed E-state index contributed by atoms with van der Waals surface area (Å²) in [6.07, 6.45) is 0. The molecular formula is C12H16N2O2. The van der Waals surface area contributed by atoms with Gasteiger partial charge in [0.15, 0.2) is 0 Å². The first-order valence-electron chi connectivity index (χ1n) is 5.45. The van der Waals surface area contributed by atoms with Crippen LogP contribution in [-0.2, 0) is 9.53 Å². The Labute approximate surface area is 95.0 Å². The van der Waals surface area contributed by atoms with Crippen molar-refractivity contribution in [3.8, 4) is 0 Å². The third-order valence-corrected chi connectivity index (χ3v) is 2.80. The minimum absolute atomic E-state index is 0.298. The second-order valence-corrected chi connectivity index (χ2v) is 3.86. The van der Waals surface area contributed by atoms with Crippen LogP contribution in [0.4, 0.5) is 0 Å². The summed E-state index contributed by atoms with van der Waals surface area (Å²) in [5, 5.41) is 0. The van der Waals surface area contributed by atoms with E-state index in [4.69, 9.17) is 10.5 Å². The molecule has 0 spiro atoms. The predicted octanol–water partition coefficient (Wildman–Crippen LogP) is 0.545.